The normalized spacial score (nSPS) is 11.3. The van der Waals surface area contributed by atoms with Crippen molar-refractivity contribution in [1.82, 2.24) is 9.55 Å². The van der Waals surface area contributed by atoms with Crippen LogP contribution >= 0.6 is 39.0 Å². The van der Waals surface area contributed by atoms with Crippen molar-refractivity contribution in [3.8, 4) is 0 Å². The Hall–Kier alpha value is -1.64. The number of hydrogen-bond donors (Lipinski definition) is 1. The van der Waals surface area contributed by atoms with Gasteiger partial charge in [-0.1, -0.05) is 23.9 Å². The maximum atomic E-state index is 13.0. The Kier molecular flexibility index (Phi) is 6.08. The Labute approximate surface area is 174 Å². The van der Waals surface area contributed by atoms with E-state index in [4.69, 9.17) is 4.98 Å². The minimum absolute atomic E-state index is 0.0365. The summed E-state index contributed by atoms with van der Waals surface area (Å²) in [5.74, 6) is 0.0325. The first-order chi connectivity index (χ1) is 12.8. The molecule has 0 saturated heterocycles. The highest BCUT2D eigenvalue weighted by molar-refractivity contribution is 9.10. The summed E-state index contributed by atoms with van der Waals surface area (Å²) in [6.45, 7) is 7.86. The highest BCUT2D eigenvalue weighted by atomic mass is 79.9. The van der Waals surface area contributed by atoms with Crippen LogP contribution in [0.1, 0.15) is 30.3 Å². The molecular formula is C19H20BrN3O2S2. The first-order valence-electron chi connectivity index (χ1n) is 8.49. The lowest BCUT2D eigenvalue weighted by atomic mass is 10.2. The van der Waals surface area contributed by atoms with Crippen LogP contribution in [-0.4, -0.2) is 21.2 Å². The van der Waals surface area contributed by atoms with Crippen molar-refractivity contribution >= 4 is 60.8 Å². The SMILES string of the molecule is Cc1sc2nc(SCC(=O)Nc3ccccc3Br)n(C(C)C)c(=O)c2c1C. The maximum Gasteiger partial charge on any atom is 0.263 e. The molecule has 0 unspecified atom stereocenters. The monoisotopic (exact) mass is 465 g/mol. The number of aromatic nitrogens is 2. The molecule has 0 saturated carbocycles. The van der Waals surface area contributed by atoms with E-state index in [1.807, 2.05) is 52.0 Å². The minimum Gasteiger partial charge on any atom is -0.324 e. The topological polar surface area (TPSA) is 64.0 Å². The summed E-state index contributed by atoms with van der Waals surface area (Å²) < 4.78 is 2.50. The van der Waals surface area contributed by atoms with Crippen LogP contribution in [0.15, 0.2) is 38.7 Å². The number of carbonyl (C=O) groups excluding carboxylic acids is 1. The third kappa shape index (κ3) is 4.12. The number of nitrogens with zero attached hydrogens (tertiary/aromatic N) is 2. The van der Waals surface area contributed by atoms with E-state index in [0.29, 0.717) is 10.5 Å². The lowest BCUT2D eigenvalue weighted by Gasteiger charge is -2.15. The minimum atomic E-state index is -0.143. The van der Waals surface area contributed by atoms with Gasteiger partial charge in [-0.2, -0.15) is 0 Å². The van der Waals surface area contributed by atoms with Gasteiger partial charge in [-0.05, 0) is 61.3 Å². The number of benzene rings is 1. The molecule has 0 fully saturated rings. The number of thioether (sulfide) groups is 1. The van der Waals surface area contributed by atoms with E-state index in [1.165, 1.54) is 23.1 Å². The average molecular weight is 466 g/mol. The molecule has 1 aromatic carbocycles. The molecule has 3 rings (SSSR count). The van der Waals surface area contributed by atoms with Crippen LogP contribution in [0.3, 0.4) is 0 Å². The fraction of sp³-hybridized carbons (Fsp3) is 0.316. The lowest BCUT2D eigenvalue weighted by molar-refractivity contribution is -0.113. The molecule has 142 valence electrons. The molecular weight excluding hydrogens is 446 g/mol. The molecule has 27 heavy (non-hydrogen) atoms. The summed E-state index contributed by atoms with van der Waals surface area (Å²) in [4.78, 5) is 31.9. The zero-order valence-electron chi connectivity index (χ0n) is 15.5. The van der Waals surface area contributed by atoms with Gasteiger partial charge in [-0.3, -0.25) is 14.2 Å². The predicted molar refractivity (Wildman–Crippen MR) is 117 cm³/mol. The van der Waals surface area contributed by atoms with Gasteiger partial charge < -0.3 is 5.32 Å². The summed E-state index contributed by atoms with van der Waals surface area (Å²) >= 11 is 6.22. The number of thiophene rings is 1. The van der Waals surface area contributed by atoms with Crippen LogP contribution in [-0.2, 0) is 4.79 Å². The van der Waals surface area contributed by atoms with Crippen LogP contribution in [0.25, 0.3) is 10.2 Å². The van der Waals surface area contributed by atoms with E-state index in [9.17, 15) is 9.59 Å². The van der Waals surface area contributed by atoms with Crippen molar-refractivity contribution in [1.29, 1.82) is 0 Å². The number of hydrogen-bond acceptors (Lipinski definition) is 5. The molecule has 0 aliphatic carbocycles. The van der Waals surface area contributed by atoms with Crippen molar-refractivity contribution in [2.24, 2.45) is 0 Å². The van der Waals surface area contributed by atoms with Gasteiger partial charge in [0.2, 0.25) is 5.91 Å². The molecule has 3 aromatic rings. The molecule has 0 spiro atoms. The first-order valence-corrected chi connectivity index (χ1v) is 11.1. The van der Waals surface area contributed by atoms with Gasteiger partial charge in [0, 0.05) is 15.4 Å². The van der Waals surface area contributed by atoms with Crippen LogP contribution in [0.5, 0.6) is 0 Å². The number of aryl methyl sites for hydroxylation is 2. The molecule has 2 aromatic heterocycles. The zero-order valence-corrected chi connectivity index (χ0v) is 18.7. The van der Waals surface area contributed by atoms with E-state index >= 15 is 0 Å². The van der Waals surface area contributed by atoms with Gasteiger partial charge in [0.05, 0.1) is 16.8 Å². The molecule has 0 radical (unpaired) electrons. The number of para-hydroxylation sites is 1. The first kappa shape index (κ1) is 20.1. The molecule has 0 bridgehead atoms. The fourth-order valence-electron chi connectivity index (χ4n) is 2.72. The van der Waals surface area contributed by atoms with E-state index in [0.717, 1.165) is 25.4 Å². The standard InChI is InChI=1S/C19H20BrN3O2S2/c1-10(2)23-18(25)16-11(3)12(4)27-17(16)22-19(23)26-9-15(24)21-14-8-6-5-7-13(14)20/h5-8,10H,9H2,1-4H3,(H,21,24). The van der Waals surface area contributed by atoms with Crippen molar-refractivity contribution in [2.75, 3.05) is 11.1 Å². The smallest absolute Gasteiger partial charge is 0.263 e. The number of fused-ring (bicyclic) bond motifs is 1. The molecule has 1 N–H and O–H groups in total. The predicted octanol–water partition coefficient (Wildman–Crippen LogP) is 5.15. The largest absolute Gasteiger partial charge is 0.324 e. The maximum absolute atomic E-state index is 13.0. The van der Waals surface area contributed by atoms with Gasteiger partial charge in [0.15, 0.2) is 5.16 Å². The summed E-state index contributed by atoms with van der Waals surface area (Å²) in [5, 5.41) is 4.14. The number of amides is 1. The zero-order chi connectivity index (χ0) is 19.7. The van der Waals surface area contributed by atoms with Crippen molar-refractivity contribution in [2.45, 2.75) is 38.9 Å². The van der Waals surface area contributed by atoms with E-state index in [-0.39, 0.29) is 23.3 Å². The molecule has 1 amide bonds. The molecule has 0 atom stereocenters. The molecule has 8 heteroatoms. The summed E-state index contributed by atoms with van der Waals surface area (Å²) in [6.07, 6.45) is 0. The van der Waals surface area contributed by atoms with Crippen molar-refractivity contribution < 1.29 is 4.79 Å². The highest BCUT2D eigenvalue weighted by Crippen LogP contribution is 2.29. The van der Waals surface area contributed by atoms with E-state index in [1.54, 1.807) is 4.57 Å². The lowest BCUT2D eigenvalue weighted by Crippen LogP contribution is -2.25. The Morgan fingerprint density at radius 2 is 2.04 bits per heavy atom. The van der Waals surface area contributed by atoms with Crippen LogP contribution < -0.4 is 10.9 Å². The van der Waals surface area contributed by atoms with Gasteiger partial charge in [-0.25, -0.2) is 4.98 Å². The Balaban J connectivity index is 1.88. The second-order valence-electron chi connectivity index (χ2n) is 6.44. The third-order valence-corrected chi connectivity index (χ3v) is 6.94. The molecule has 2 heterocycles. The molecule has 0 aliphatic rings. The van der Waals surface area contributed by atoms with Gasteiger partial charge in [-0.15, -0.1) is 11.3 Å². The van der Waals surface area contributed by atoms with Crippen molar-refractivity contribution in [3.05, 3.63) is 49.5 Å². The number of anilines is 1. The van der Waals surface area contributed by atoms with Gasteiger partial charge in [0.25, 0.3) is 5.56 Å². The Morgan fingerprint density at radius 1 is 1.33 bits per heavy atom. The summed E-state index contributed by atoms with van der Waals surface area (Å²) in [5.41, 5.74) is 1.67. The number of nitrogens with one attached hydrogen (secondary N) is 1. The highest BCUT2D eigenvalue weighted by Gasteiger charge is 2.19. The second kappa shape index (κ2) is 8.16. The van der Waals surface area contributed by atoms with Crippen LogP contribution in [0, 0.1) is 13.8 Å². The summed E-state index contributed by atoms with van der Waals surface area (Å²) in [7, 11) is 0. The average Bonchev–Trinajstić information content (AvgIpc) is 2.89. The van der Waals surface area contributed by atoms with E-state index < -0.39 is 0 Å². The van der Waals surface area contributed by atoms with E-state index in [2.05, 4.69) is 21.2 Å². The van der Waals surface area contributed by atoms with Gasteiger partial charge >= 0.3 is 0 Å². The Bertz CT molecular complexity index is 1070. The quantitative estimate of drug-likeness (QED) is 0.417. The van der Waals surface area contributed by atoms with Gasteiger partial charge in [0.1, 0.15) is 4.83 Å². The number of rotatable bonds is 5. The van der Waals surface area contributed by atoms with Crippen molar-refractivity contribution in [3.63, 3.8) is 0 Å². The Morgan fingerprint density at radius 3 is 2.70 bits per heavy atom. The molecule has 5 nitrogen and oxygen atoms in total. The number of carbonyl (C=O) groups is 1. The summed E-state index contributed by atoms with van der Waals surface area (Å²) in [6, 6.07) is 7.41. The number of halogens is 1. The van der Waals surface area contributed by atoms with Crippen LogP contribution in [0.4, 0.5) is 5.69 Å². The van der Waals surface area contributed by atoms with Crippen LogP contribution in [0.2, 0.25) is 0 Å². The third-order valence-electron chi connectivity index (χ3n) is 4.20. The fourth-order valence-corrected chi connectivity index (χ4v) is 5.11. The second-order valence-corrected chi connectivity index (χ2v) is 9.44. The molecule has 0 aliphatic heterocycles.